The second-order valence-electron chi connectivity index (χ2n) is 7.80. The molecule has 0 spiro atoms. The average molecular weight is 396 g/mol. The van der Waals surface area contributed by atoms with E-state index in [1.165, 1.54) is 0 Å². The second kappa shape index (κ2) is 8.55. The predicted molar refractivity (Wildman–Crippen MR) is 113 cm³/mol. The van der Waals surface area contributed by atoms with Gasteiger partial charge in [-0.05, 0) is 49.4 Å². The van der Waals surface area contributed by atoms with Gasteiger partial charge in [-0.25, -0.2) is 4.79 Å². The summed E-state index contributed by atoms with van der Waals surface area (Å²) in [6.45, 7) is 1.60. The van der Waals surface area contributed by atoms with Crippen molar-refractivity contribution in [3.63, 3.8) is 0 Å². The normalized spacial score (nSPS) is 16.6. The number of hydrogen-bond donors (Lipinski definition) is 3. The molecule has 1 aliphatic rings. The zero-order valence-corrected chi connectivity index (χ0v) is 16.9. The molecule has 4 N–H and O–H groups in total. The van der Waals surface area contributed by atoms with E-state index in [-0.39, 0.29) is 11.5 Å². The fraction of sp³-hybridized carbons (Fsp3) is 0.391. The van der Waals surface area contributed by atoms with E-state index in [0.29, 0.717) is 11.4 Å². The van der Waals surface area contributed by atoms with E-state index < -0.39 is 17.4 Å². The molecule has 1 saturated carbocycles. The molecule has 0 aromatic heterocycles. The van der Waals surface area contributed by atoms with Gasteiger partial charge in [-0.1, -0.05) is 43.5 Å². The van der Waals surface area contributed by atoms with Gasteiger partial charge in [0.2, 0.25) is 0 Å². The van der Waals surface area contributed by atoms with Crippen molar-refractivity contribution in [3.8, 4) is 16.9 Å². The minimum atomic E-state index is -1.31. The largest absolute Gasteiger partial charge is 0.496 e. The Labute approximate surface area is 171 Å². The lowest BCUT2D eigenvalue weighted by atomic mass is 9.75. The number of ether oxygens (including phenoxy) is 1. The van der Waals surface area contributed by atoms with Crippen LogP contribution < -0.4 is 15.8 Å². The van der Waals surface area contributed by atoms with Crippen LogP contribution in [-0.4, -0.2) is 29.6 Å². The summed E-state index contributed by atoms with van der Waals surface area (Å²) in [5.41, 5.74) is 7.12. The lowest BCUT2D eigenvalue weighted by molar-refractivity contribution is -0.146. The van der Waals surface area contributed by atoms with Crippen molar-refractivity contribution in [2.24, 2.45) is 5.92 Å². The van der Waals surface area contributed by atoms with Gasteiger partial charge in [0.1, 0.15) is 11.3 Å². The van der Waals surface area contributed by atoms with Crippen LogP contribution in [0, 0.1) is 5.92 Å². The number of carboxylic acid groups (broad SMARTS) is 1. The summed E-state index contributed by atoms with van der Waals surface area (Å²) < 4.78 is 5.39. The third-order valence-electron chi connectivity index (χ3n) is 5.95. The molecule has 0 heterocycles. The molecule has 2 aromatic carbocycles. The molecular weight excluding hydrogens is 368 g/mol. The highest BCUT2D eigenvalue weighted by Gasteiger charge is 2.43. The maximum absolute atomic E-state index is 12.9. The van der Waals surface area contributed by atoms with Crippen molar-refractivity contribution in [3.05, 3.63) is 48.0 Å². The highest BCUT2D eigenvalue weighted by atomic mass is 16.5. The van der Waals surface area contributed by atoms with Crippen molar-refractivity contribution < 1.29 is 19.4 Å². The van der Waals surface area contributed by atoms with Crippen molar-refractivity contribution in [2.45, 2.75) is 44.6 Å². The Bertz CT molecular complexity index is 906. The molecule has 0 unspecified atom stereocenters. The molecule has 1 amide bonds. The van der Waals surface area contributed by atoms with Crippen LogP contribution in [0.15, 0.2) is 42.5 Å². The van der Waals surface area contributed by atoms with Crippen LogP contribution in [0.2, 0.25) is 0 Å². The molecule has 29 heavy (non-hydrogen) atoms. The number of carboxylic acids is 1. The molecule has 1 aliphatic carbocycles. The summed E-state index contributed by atoms with van der Waals surface area (Å²) in [4.78, 5) is 24.9. The van der Waals surface area contributed by atoms with Crippen LogP contribution in [0.3, 0.4) is 0 Å². The Morgan fingerprint density at radius 3 is 2.45 bits per heavy atom. The van der Waals surface area contributed by atoms with Gasteiger partial charge in [0, 0.05) is 11.3 Å². The number of nitrogens with two attached hydrogens (primary N) is 1. The minimum Gasteiger partial charge on any atom is -0.496 e. The number of rotatable bonds is 6. The Morgan fingerprint density at radius 2 is 1.83 bits per heavy atom. The number of anilines is 1. The number of aliphatic carboxylic acids is 1. The fourth-order valence-electron chi connectivity index (χ4n) is 4.13. The molecule has 1 atom stereocenters. The van der Waals surface area contributed by atoms with E-state index in [4.69, 9.17) is 10.5 Å². The van der Waals surface area contributed by atoms with Gasteiger partial charge < -0.3 is 20.9 Å². The first-order valence-electron chi connectivity index (χ1n) is 9.95. The number of hydrogen-bond acceptors (Lipinski definition) is 4. The number of benzene rings is 2. The zero-order valence-electron chi connectivity index (χ0n) is 16.9. The van der Waals surface area contributed by atoms with Gasteiger partial charge >= 0.3 is 5.97 Å². The molecule has 3 rings (SSSR count). The number of amides is 1. The number of nitrogens with one attached hydrogen (secondary N) is 1. The summed E-state index contributed by atoms with van der Waals surface area (Å²) in [7, 11) is 1.60. The SMILES string of the molecule is COc1ccccc1-c1ccc(C(=O)N[C@](C)(C(=O)O)C2CCCCC2)c(N)c1. The lowest BCUT2D eigenvalue weighted by Gasteiger charge is -2.37. The van der Waals surface area contributed by atoms with Crippen molar-refractivity contribution in [1.29, 1.82) is 0 Å². The van der Waals surface area contributed by atoms with Gasteiger partial charge in [-0.3, -0.25) is 4.79 Å². The number of carbonyl (C=O) groups excluding carboxylic acids is 1. The summed E-state index contributed by atoms with van der Waals surface area (Å²) >= 11 is 0. The van der Waals surface area contributed by atoms with Gasteiger partial charge in [-0.2, -0.15) is 0 Å². The molecule has 6 nitrogen and oxygen atoms in total. The number of para-hydroxylation sites is 1. The summed E-state index contributed by atoms with van der Waals surface area (Å²) in [6, 6.07) is 12.7. The van der Waals surface area contributed by atoms with Gasteiger partial charge in [0.05, 0.1) is 12.7 Å². The van der Waals surface area contributed by atoms with Crippen molar-refractivity contribution in [2.75, 3.05) is 12.8 Å². The van der Waals surface area contributed by atoms with Crippen LogP contribution >= 0.6 is 0 Å². The van der Waals surface area contributed by atoms with Crippen molar-refractivity contribution >= 4 is 17.6 Å². The van der Waals surface area contributed by atoms with Crippen LogP contribution in [0.5, 0.6) is 5.75 Å². The summed E-state index contributed by atoms with van der Waals surface area (Å²) in [6.07, 6.45) is 4.67. The highest BCUT2D eigenvalue weighted by Crippen LogP contribution is 2.34. The van der Waals surface area contributed by atoms with Crippen LogP contribution in [0.4, 0.5) is 5.69 Å². The smallest absolute Gasteiger partial charge is 0.329 e. The van der Waals surface area contributed by atoms with Crippen LogP contribution in [0.1, 0.15) is 49.4 Å². The first-order valence-corrected chi connectivity index (χ1v) is 9.95. The maximum Gasteiger partial charge on any atom is 0.329 e. The summed E-state index contributed by atoms with van der Waals surface area (Å²) in [5, 5.41) is 12.6. The zero-order chi connectivity index (χ0) is 21.0. The molecule has 1 fully saturated rings. The highest BCUT2D eigenvalue weighted by molar-refractivity contribution is 6.02. The number of methoxy groups -OCH3 is 1. The van der Waals surface area contributed by atoms with E-state index in [0.717, 1.165) is 43.2 Å². The monoisotopic (exact) mass is 396 g/mol. The molecule has 0 bridgehead atoms. The second-order valence-corrected chi connectivity index (χ2v) is 7.80. The molecule has 0 radical (unpaired) electrons. The van der Waals surface area contributed by atoms with Gasteiger partial charge in [0.25, 0.3) is 5.91 Å². The number of carbonyl (C=O) groups is 2. The Morgan fingerprint density at radius 1 is 1.14 bits per heavy atom. The van der Waals surface area contributed by atoms with E-state index in [9.17, 15) is 14.7 Å². The minimum absolute atomic E-state index is 0.0909. The number of nitrogen functional groups attached to an aromatic ring is 1. The third-order valence-corrected chi connectivity index (χ3v) is 5.95. The third kappa shape index (κ3) is 4.21. The first-order chi connectivity index (χ1) is 13.9. The Hall–Kier alpha value is -3.02. The standard InChI is InChI=1S/C23H28N2O4/c1-23(22(27)28,16-8-4-3-5-9-16)25-21(26)18-13-12-15(14-19(18)24)17-10-6-7-11-20(17)29-2/h6-7,10-14,16H,3-5,8-9,24H2,1-2H3,(H,25,26)(H,27,28)/t23-/m0/s1. The fourth-order valence-corrected chi connectivity index (χ4v) is 4.13. The predicted octanol–water partition coefficient (Wildman–Crippen LogP) is 4.10. The quantitative estimate of drug-likeness (QED) is 0.638. The Kier molecular flexibility index (Phi) is 6.11. The molecule has 2 aromatic rings. The van der Waals surface area contributed by atoms with Gasteiger partial charge in [-0.15, -0.1) is 0 Å². The summed E-state index contributed by atoms with van der Waals surface area (Å²) in [5.74, 6) is -0.863. The molecule has 0 saturated heterocycles. The Balaban J connectivity index is 1.86. The molecule has 154 valence electrons. The maximum atomic E-state index is 12.9. The molecule has 6 heteroatoms. The molecular formula is C23H28N2O4. The van der Waals surface area contributed by atoms with Crippen LogP contribution in [-0.2, 0) is 4.79 Å². The topological polar surface area (TPSA) is 102 Å². The molecule has 0 aliphatic heterocycles. The first kappa shape index (κ1) is 20.7. The lowest BCUT2D eigenvalue weighted by Crippen LogP contribution is -2.57. The van der Waals surface area contributed by atoms with E-state index >= 15 is 0 Å². The average Bonchev–Trinajstić information content (AvgIpc) is 2.73. The van der Waals surface area contributed by atoms with E-state index in [1.807, 2.05) is 24.3 Å². The van der Waals surface area contributed by atoms with E-state index in [1.54, 1.807) is 32.2 Å². The van der Waals surface area contributed by atoms with Gasteiger partial charge in [0.15, 0.2) is 0 Å². The van der Waals surface area contributed by atoms with Crippen LogP contribution in [0.25, 0.3) is 11.1 Å². The van der Waals surface area contributed by atoms with Crippen molar-refractivity contribution in [1.82, 2.24) is 5.32 Å². The van der Waals surface area contributed by atoms with E-state index in [2.05, 4.69) is 5.32 Å².